The Morgan fingerprint density at radius 3 is 2.86 bits per heavy atom. The predicted molar refractivity (Wildman–Crippen MR) is 52.9 cm³/mol. The number of carbonyl (C=O) groups excluding carboxylic acids is 1. The van der Waals surface area contributed by atoms with Gasteiger partial charge in [-0.25, -0.2) is 0 Å². The van der Waals surface area contributed by atoms with Crippen LogP contribution in [0, 0.1) is 0 Å². The van der Waals surface area contributed by atoms with Crippen molar-refractivity contribution in [1.29, 1.82) is 0 Å². The van der Waals surface area contributed by atoms with Crippen molar-refractivity contribution in [3.05, 3.63) is 0 Å². The summed E-state index contributed by atoms with van der Waals surface area (Å²) in [5.74, 6) is -0.0463. The number of aliphatic hydroxyl groups is 1. The van der Waals surface area contributed by atoms with Gasteiger partial charge in [-0.3, -0.25) is 4.79 Å². The number of ether oxygens (including phenoxy) is 1. The molecule has 0 aromatic heterocycles. The first kappa shape index (κ1) is 11.5. The highest BCUT2D eigenvalue weighted by molar-refractivity contribution is 5.80. The largest absolute Gasteiger partial charge is 0.393 e. The summed E-state index contributed by atoms with van der Waals surface area (Å²) in [5.41, 5.74) is 0. The Hall–Kier alpha value is -0.610. The van der Waals surface area contributed by atoms with Gasteiger partial charge in [-0.2, -0.15) is 0 Å². The third-order valence-corrected chi connectivity index (χ3v) is 2.39. The molecule has 4 nitrogen and oxygen atoms in total. The Kier molecular flexibility index (Phi) is 4.35. The molecule has 1 fully saturated rings. The Labute approximate surface area is 84.6 Å². The molecule has 3 unspecified atom stereocenters. The molecule has 14 heavy (non-hydrogen) atoms. The molecule has 0 aliphatic carbocycles. The maximum absolute atomic E-state index is 11.5. The molecule has 1 amide bonds. The zero-order valence-electron chi connectivity index (χ0n) is 8.82. The van der Waals surface area contributed by atoms with Crippen LogP contribution in [-0.2, 0) is 9.53 Å². The van der Waals surface area contributed by atoms with E-state index in [0.717, 1.165) is 12.8 Å². The van der Waals surface area contributed by atoms with Crippen molar-refractivity contribution in [1.82, 2.24) is 5.32 Å². The van der Waals surface area contributed by atoms with Crippen LogP contribution < -0.4 is 5.32 Å². The van der Waals surface area contributed by atoms with Crippen LogP contribution in [-0.4, -0.2) is 35.9 Å². The fourth-order valence-corrected chi connectivity index (χ4v) is 1.51. The third-order valence-electron chi connectivity index (χ3n) is 2.39. The Balaban J connectivity index is 2.15. The summed E-state index contributed by atoms with van der Waals surface area (Å²) >= 11 is 0. The fourth-order valence-electron chi connectivity index (χ4n) is 1.51. The molecule has 1 aliphatic heterocycles. The maximum Gasteiger partial charge on any atom is 0.249 e. The van der Waals surface area contributed by atoms with Gasteiger partial charge in [-0.1, -0.05) is 0 Å². The molecule has 0 aromatic rings. The monoisotopic (exact) mass is 201 g/mol. The number of rotatable bonds is 4. The van der Waals surface area contributed by atoms with Gasteiger partial charge in [0.25, 0.3) is 0 Å². The van der Waals surface area contributed by atoms with Gasteiger partial charge in [0.05, 0.1) is 12.2 Å². The highest BCUT2D eigenvalue weighted by atomic mass is 16.5. The van der Waals surface area contributed by atoms with Gasteiger partial charge in [0, 0.05) is 6.54 Å². The van der Waals surface area contributed by atoms with Crippen LogP contribution in [0.4, 0.5) is 0 Å². The molecule has 82 valence electrons. The Bertz CT molecular complexity index is 194. The quantitative estimate of drug-likeness (QED) is 0.694. The number of amides is 1. The molecule has 0 aromatic carbocycles. The van der Waals surface area contributed by atoms with Gasteiger partial charge < -0.3 is 15.2 Å². The van der Waals surface area contributed by atoms with E-state index in [1.165, 1.54) is 0 Å². The van der Waals surface area contributed by atoms with E-state index >= 15 is 0 Å². The van der Waals surface area contributed by atoms with Crippen molar-refractivity contribution >= 4 is 5.91 Å². The second-order valence-corrected chi connectivity index (χ2v) is 3.94. The zero-order valence-corrected chi connectivity index (χ0v) is 8.82. The van der Waals surface area contributed by atoms with E-state index < -0.39 is 0 Å². The minimum atomic E-state index is -0.362. The lowest BCUT2D eigenvalue weighted by atomic mass is 10.2. The molecule has 1 saturated heterocycles. The van der Waals surface area contributed by atoms with Crippen LogP contribution >= 0.6 is 0 Å². The normalized spacial score (nSPS) is 28.8. The first-order valence-corrected chi connectivity index (χ1v) is 5.21. The summed E-state index contributed by atoms with van der Waals surface area (Å²) in [4.78, 5) is 11.5. The highest BCUT2D eigenvalue weighted by Crippen LogP contribution is 2.18. The smallest absolute Gasteiger partial charge is 0.249 e. The van der Waals surface area contributed by atoms with Crippen molar-refractivity contribution in [2.75, 3.05) is 6.54 Å². The lowest BCUT2D eigenvalue weighted by Crippen LogP contribution is -2.35. The first-order valence-electron chi connectivity index (χ1n) is 5.21. The molecule has 2 N–H and O–H groups in total. The second kappa shape index (κ2) is 5.32. The van der Waals surface area contributed by atoms with E-state index in [0.29, 0.717) is 13.0 Å². The van der Waals surface area contributed by atoms with E-state index in [-0.39, 0.29) is 24.2 Å². The minimum Gasteiger partial charge on any atom is -0.393 e. The van der Waals surface area contributed by atoms with E-state index in [1.54, 1.807) is 6.92 Å². The number of carbonyl (C=O) groups is 1. The number of nitrogens with one attached hydrogen (secondary N) is 1. The standard InChI is InChI=1S/C10H19NO3/c1-7(12)5-6-11-10(13)9-4-3-8(2)14-9/h7-9,12H,3-6H2,1-2H3,(H,11,13). The molecule has 0 bridgehead atoms. The number of hydrogen-bond donors (Lipinski definition) is 2. The number of aliphatic hydroxyl groups excluding tert-OH is 1. The summed E-state index contributed by atoms with van der Waals surface area (Å²) in [6.45, 7) is 4.20. The highest BCUT2D eigenvalue weighted by Gasteiger charge is 2.27. The minimum absolute atomic E-state index is 0.0463. The van der Waals surface area contributed by atoms with Crippen LogP contribution in [0.15, 0.2) is 0 Å². The van der Waals surface area contributed by atoms with Crippen molar-refractivity contribution in [3.63, 3.8) is 0 Å². The van der Waals surface area contributed by atoms with E-state index in [4.69, 9.17) is 9.84 Å². The van der Waals surface area contributed by atoms with Crippen LogP contribution in [0.5, 0.6) is 0 Å². The lowest BCUT2D eigenvalue weighted by Gasteiger charge is -2.12. The van der Waals surface area contributed by atoms with Crippen molar-refractivity contribution in [3.8, 4) is 0 Å². The molecule has 0 radical (unpaired) electrons. The van der Waals surface area contributed by atoms with Gasteiger partial charge in [0.15, 0.2) is 0 Å². The maximum atomic E-state index is 11.5. The lowest BCUT2D eigenvalue weighted by molar-refractivity contribution is -0.131. The zero-order chi connectivity index (χ0) is 10.6. The van der Waals surface area contributed by atoms with E-state index in [1.807, 2.05) is 6.92 Å². The Morgan fingerprint density at radius 2 is 2.36 bits per heavy atom. The molecule has 3 atom stereocenters. The average Bonchev–Trinajstić information content (AvgIpc) is 2.51. The van der Waals surface area contributed by atoms with Crippen molar-refractivity contribution < 1.29 is 14.6 Å². The summed E-state index contributed by atoms with van der Waals surface area (Å²) in [5, 5.41) is 11.7. The summed E-state index contributed by atoms with van der Waals surface area (Å²) in [6.07, 6.45) is 1.91. The van der Waals surface area contributed by atoms with Crippen LogP contribution in [0.25, 0.3) is 0 Å². The average molecular weight is 201 g/mol. The third kappa shape index (κ3) is 3.64. The van der Waals surface area contributed by atoms with E-state index in [9.17, 15) is 4.79 Å². The Morgan fingerprint density at radius 1 is 1.64 bits per heavy atom. The topological polar surface area (TPSA) is 58.6 Å². The summed E-state index contributed by atoms with van der Waals surface area (Å²) in [7, 11) is 0. The molecule has 0 saturated carbocycles. The van der Waals surface area contributed by atoms with Gasteiger partial charge >= 0.3 is 0 Å². The van der Waals surface area contributed by atoms with Gasteiger partial charge in [0.1, 0.15) is 6.10 Å². The molecule has 1 heterocycles. The molecule has 1 aliphatic rings. The van der Waals surface area contributed by atoms with Crippen molar-refractivity contribution in [2.24, 2.45) is 0 Å². The predicted octanol–water partition coefficient (Wildman–Crippen LogP) is 0.441. The first-order chi connectivity index (χ1) is 6.59. The SMILES string of the molecule is CC(O)CCNC(=O)C1CCC(C)O1. The van der Waals surface area contributed by atoms with Crippen LogP contribution in [0.2, 0.25) is 0 Å². The van der Waals surface area contributed by atoms with Crippen molar-refractivity contribution in [2.45, 2.75) is 51.4 Å². The van der Waals surface area contributed by atoms with Gasteiger partial charge in [-0.05, 0) is 33.1 Å². The molecule has 4 heteroatoms. The summed E-state index contributed by atoms with van der Waals surface area (Å²) in [6, 6.07) is 0. The second-order valence-electron chi connectivity index (χ2n) is 3.94. The van der Waals surface area contributed by atoms with Crippen LogP contribution in [0.3, 0.4) is 0 Å². The molecule has 1 rings (SSSR count). The fraction of sp³-hybridized carbons (Fsp3) is 0.900. The van der Waals surface area contributed by atoms with Gasteiger partial charge in [0.2, 0.25) is 5.91 Å². The molecule has 0 spiro atoms. The molecular weight excluding hydrogens is 182 g/mol. The molecular formula is C10H19NO3. The van der Waals surface area contributed by atoms with E-state index in [2.05, 4.69) is 5.32 Å². The van der Waals surface area contributed by atoms with Crippen LogP contribution in [0.1, 0.15) is 33.1 Å². The number of hydrogen-bond acceptors (Lipinski definition) is 3. The summed E-state index contributed by atoms with van der Waals surface area (Å²) < 4.78 is 5.41. The van der Waals surface area contributed by atoms with Gasteiger partial charge in [-0.15, -0.1) is 0 Å².